The maximum absolute atomic E-state index is 10.4. The van der Waals surface area contributed by atoms with Crippen molar-refractivity contribution in [2.75, 3.05) is 19.8 Å². The number of aryl methyl sites for hydroxylation is 1. The molecule has 1 aliphatic heterocycles. The molecule has 0 saturated heterocycles. The lowest BCUT2D eigenvalue weighted by Gasteiger charge is -2.22. The zero-order valence-electron chi connectivity index (χ0n) is 13.1. The Hall–Kier alpha value is -1.76. The van der Waals surface area contributed by atoms with Crippen molar-refractivity contribution in [3.8, 4) is 11.5 Å². The van der Waals surface area contributed by atoms with Crippen molar-refractivity contribution in [3.05, 3.63) is 40.7 Å². The van der Waals surface area contributed by atoms with Gasteiger partial charge in [-0.15, -0.1) is 0 Å². The number of hydrogen-bond acceptors (Lipinski definition) is 5. The fraction of sp³-hybridized carbons (Fsp3) is 0.438. The summed E-state index contributed by atoms with van der Waals surface area (Å²) in [6.45, 7) is 3.39. The molecule has 1 aromatic carbocycles. The summed E-state index contributed by atoms with van der Waals surface area (Å²) < 4.78 is 12.8. The molecule has 0 fully saturated rings. The van der Waals surface area contributed by atoms with Crippen LogP contribution < -0.4 is 14.8 Å². The molecule has 124 valence electrons. The number of nitrogens with zero attached hydrogens (tertiary/aromatic N) is 2. The fourth-order valence-corrected chi connectivity index (χ4v) is 2.92. The van der Waals surface area contributed by atoms with Gasteiger partial charge in [0.25, 0.3) is 0 Å². The molecule has 1 aromatic heterocycles. The summed E-state index contributed by atoms with van der Waals surface area (Å²) in [5, 5.41) is 18.3. The van der Waals surface area contributed by atoms with E-state index in [2.05, 4.69) is 10.4 Å². The van der Waals surface area contributed by atoms with Gasteiger partial charge in [-0.1, -0.05) is 11.6 Å². The maximum Gasteiger partial charge on any atom is 0.179 e. The van der Waals surface area contributed by atoms with Crippen LogP contribution in [0.4, 0.5) is 0 Å². The largest absolute Gasteiger partial charge is 0.486 e. The molecule has 2 atom stereocenters. The van der Waals surface area contributed by atoms with E-state index in [4.69, 9.17) is 21.1 Å². The number of rotatable bonds is 5. The molecule has 6 nitrogen and oxygen atoms in total. The van der Waals surface area contributed by atoms with Gasteiger partial charge in [0.1, 0.15) is 13.2 Å². The van der Waals surface area contributed by atoms with Gasteiger partial charge >= 0.3 is 0 Å². The minimum atomic E-state index is -0.695. The zero-order chi connectivity index (χ0) is 16.4. The van der Waals surface area contributed by atoms with E-state index in [1.807, 2.05) is 24.7 Å². The van der Waals surface area contributed by atoms with Crippen molar-refractivity contribution < 1.29 is 14.6 Å². The number of fused-ring (bicyclic) bond motifs is 1. The SMILES string of the molecule is CC(NCC(O)c1cc(Cl)c2c(c1)OCCO2)c1ccnn1C. The van der Waals surface area contributed by atoms with Crippen molar-refractivity contribution >= 4 is 11.6 Å². The van der Waals surface area contributed by atoms with E-state index in [0.717, 1.165) is 5.69 Å². The van der Waals surface area contributed by atoms with Gasteiger partial charge in [0.15, 0.2) is 11.5 Å². The van der Waals surface area contributed by atoms with Crippen LogP contribution in [-0.4, -0.2) is 34.6 Å². The number of aromatic nitrogens is 2. The summed E-state index contributed by atoms with van der Waals surface area (Å²) in [7, 11) is 1.89. The van der Waals surface area contributed by atoms with E-state index >= 15 is 0 Å². The Bertz CT molecular complexity index is 689. The minimum absolute atomic E-state index is 0.0739. The second-order valence-corrected chi connectivity index (χ2v) is 5.96. The predicted octanol–water partition coefficient (Wildman–Crippen LogP) is 2.23. The highest BCUT2D eigenvalue weighted by Gasteiger charge is 2.20. The monoisotopic (exact) mass is 337 g/mol. The second-order valence-electron chi connectivity index (χ2n) is 5.55. The van der Waals surface area contributed by atoms with E-state index < -0.39 is 6.10 Å². The molecule has 3 rings (SSSR count). The second kappa shape index (κ2) is 6.78. The van der Waals surface area contributed by atoms with Crippen LogP contribution >= 0.6 is 11.6 Å². The van der Waals surface area contributed by atoms with Gasteiger partial charge in [0.05, 0.1) is 16.8 Å². The maximum atomic E-state index is 10.4. The van der Waals surface area contributed by atoms with Crippen LogP contribution in [0.3, 0.4) is 0 Å². The normalized spacial score (nSPS) is 16.2. The average molecular weight is 338 g/mol. The highest BCUT2D eigenvalue weighted by molar-refractivity contribution is 6.32. The lowest BCUT2D eigenvalue weighted by molar-refractivity contribution is 0.161. The Morgan fingerprint density at radius 3 is 2.91 bits per heavy atom. The van der Waals surface area contributed by atoms with E-state index in [1.165, 1.54) is 0 Å². The molecule has 2 N–H and O–H groups in total. The van der Waals surface area contributed by atoms with Crippen LogP contribution in [0.25, 0.3) is 0 Å². The van der Waals surface area contributed by atoms with Crippen molar-refractivity contribution in [1.29, 1.82) is 0 Å². The molecule has 0 saturated carbocycles. The summed E-state index contributed by atoms with van der Waals surface area (Å²) in [5.41, 5.74) is 1.75. The van der Waals surface area contributed by atoms with Gasteiger partial charge in [-0.3, -0.25) is 4.68 Å². The van der Waals surface area contributed by atoms with E-state index in [1.54, 1.807) is 18.3 Å². The molecule has 0 bridgehead atoms. The third kappa shape index (κ3) is 3.44. The summed E-state index contributed by atoms with van der Waals surface area (Å²) in [6.07, 6.45) is 1.06. The lowest BCUT2D eigenvalue weighted by atomic mass is 10.1. The van der Waals surface area contributed by atoms with Crippen LogP contribution in [-0.2, 0) is 7.05 Å². The molecule has 2 heterocycles. The van der Waals surface area contributed by atoms with Crippen LogP contribution in [0.2, 0.25) is 5.02 Å². The molecule has 23 heavy (non-hydrogen) atoms. The Kier molecular flexibility index (Phi) is 4.75. The fourth-order valence-electron chi connectivity index (χ4n) is 2.64. The molecule has 7 heteroatoms. The average Bonchev–Trinajstić information content (AvgIpc) is 2.98. The number of nitrogens with one attached hydrogen (secondary N) is 1. The quantitative estimate of drug-likeness (QED) is 0.875. The Morgan fingerprint density at radius 1 is 1.39 bits per heavy atom. The number of ether oxygens (including phenoxy) is 2. The molecule has 2 aromatic rings. The molecule has 0 aliphatic carbocycles. The standard InChI is InChI=1S/C16H20ClN3O3/c1-10(13-3-4-19-20(13)2)18-9-14(21)11-7-12(17)16-15(8-11)22-5-6-23-16/h3-4,7-8,10,14,18,21H,5-6,9H2,1-2H3. The first-order valence-corrected chi connectivity index (χ1v) is 7.92. The molecule has 1 aliphatic rings. The van der Waals surface area contributed by atoms with E-state index in [9.17, 15) is 5.11 Å². The van der Waals surface area contributed by atoms with E-state index in [0.29, 0.717) is 41.8 Å². The van der Waals surface area contributed by atoms with Crippen molar-refractivity contribution in [1.82, 2.24) is 15.1 Å². The lowest BCUT2D eigenvalue weighted by Crippen LogP contribution is -2.26. The number of benzene rings is 1. The number of hydrogen-bond donors (Lipinski definition) is 2. The smallest absolute Gasteiger partial charge is 0.179 e. The summed E-state index contributed by atoms with van der Waals surface area (Å²) in [6, 6.07) is 5.52. The van der Waals surface area contributed by atoms with Gasteiger partial charge in [0, 0.05) is 25.8 Å². The summed E-state index contributed by atoms with van der Waals surface area (Å²) in [4.78, 5) is 0. The third-order valence-corrected chi connectivity index (χ3v) is 4.20. The van der Waals surface area contributed by atoms with Crippen molar-refractivity contribution in [2.24, 2.45) is 7.05 Å². The highest BCUT2D eigenvalue weighted by Crippen LogP contribution is 2.39. The first kappa shape index (κ1) is 16.1. The summed E-state index contributed by atoms with van der Waals surface area (Å²) in [5.74, 6) is 1.13. The van der Waals surface area contributed by atoms with Crippen LogP contribution in [0.5, 0.6) is 11.5 Å². The number of aliphatic hydroxyl groups excluding tert-OH is 1. The zero-order valence-corrected chi connectivity index (χ0v) is 13.9. The van der Waals surface area contributed by atoms with Crippen LogP contribution in [0, 0.1) is 0 Å². The number of aliphatic hydroxyl groups is 1. The van der Waals surface area contributed by atoms with Gasteiger partial charge in [-0.25, -0.2) is 0 Å². The third-order valence-electron chi connectivity index (χ3n) is 3.92. The Morgan fingerprint density at radius 2 is 2.17 bits per heavy atom. The summed E-state index contributed by atoms with van der Waals surface area (Å²) >= 11 is 6.21. The predicted molar refractivity (Wildman–Crippen MR) is 87.0 cm³/mol. The molecule has 0 radical (unpaired) electrons. The first-order chi connectivity index (χ1) is 11.1. The Balaban J connectivity index is 1.67. The molecule has 0 amide bonds. The van der Waals surface area contributed by atoms with Crippen molar-refractivity contribution in [2.45, 2.75) is 19.1 Å². The number of halogens is 1. The van der Waals surface area contributed by atoms with Gasteiger partial charge in [-0.05, 0) is 30.7 Å². The molecular formula is C16H20ClN3O3. The molecule has 2 unspecified atom stereocenters. The molecular weight excluding hydrogens is 318 g/mol. The van der Waals surface area contributed by atoms with Crippen LogP contribution in [0.15, 0.2) is 24.4 Å². The van der Waals surface area contributed by atoms with E-state index in [-0.39, 0.29) is 6.04 Å². The van der Waals surface area contributed by atoms with Crippen LogP contribution in [0.1, 0.15) is 30.3 Å². The van der Waals surface area contributed by atoms with Gasteiger partial charge in [-0.2, -0.15) is 5.10 Å². The van der Waals surface area contributed by atoms with Crippen molar-refractivity contribution in [3.63, 3.8) is 0 Å². The Labute approximate surface area is 140 Å². The molecule has 0 spiro atoms. The van der Waals surface area contributed by atoms with Gasteiger partial charge in [0.2, 0.25) is 0 Å². The first-order valence-electron chi connectivity index (χ1n) is 7.54. The minimum Gasteiger partial charge on any atom is -0.486 e. The highest BCUT2D eigenvalue weighted by atomic mass is 35.5. The topological polar surface area (TPSA) is 68.5 Å². The van der Waals surface area contributed by atoms with Gasteiger partial charge < -0.3 is 19.9 Å².